The van der Waals surface area contributed by atoms with E-state index in [1.54, 1.807) is 25.2 Å². The van der Waals surface area contributed by atoms with Crippen LogP contribution in [0.3, 0.4) is 0 Å². The maximum absolute atomic E-state index is 12.2. The molecule has 0 fully saturated rings. The largest absolute Gasteiger partial charge is 0.485 e. The highest BCUT2D eigenvalue weighted by Crippen LogP contribution is 2.31. The highest BCUT2D eigenvalue weighted by molar-refractivity contribution is 5.82. The van der Waals surface area contributed by atoms with Crippen LogP contribution in [0.15, 0.2) is 48.5 Å². The molecule has 0 spiro atoms. The fourth-order valence-electron chi connectivity index (χ4n) is 2.60. The third kappa shape index (κ3) is 4.14. The van der Waals surface area contributed by atoms with Crippen LogP contribution in [0.25, 0.3) is 0 Å². The molecule has 1 atom stereocenters. The highest BCUT2D eigenvalue weighted by Gasteiger charge is 2.29. The average Bonchev–Trinajstić information content (AvgIpc) is 2.67. The van der Waals surface area contributed by atoms with Gasteiger partial charge in [-0.1, -0.05) is 36.4 Å². The number of aryl methyl sites for hydroxylation is 1. The molecule has 1 amide bonds. The number of hydrogen-bond donors (Lipinski definition) is 0. The number of para-hydroxylation sites is 2. The summed E-state index contributed by atoms with van der Waals surface area (Å²) >= 11 is 0. The summed E-state index contributed by atoms with van der Waals surface area (Å²) in [4.78, 5) is 25.9. The number of hydrogen-bond acceptors (Lipinski definition) is 5. The number of ether oxygens (including phenoxy) is 3. The highest BCUT2D eigenvalue weighted by atomic mass is 16.6. The van der Waals surface area contributed by atoms with E-state index in [4.69, 9.17) is 14.2 Å². The topological polar surface area (TPSA) is 65.1 Å². The number of rotatable bonds is 5. The molecule has 0 unspecified atom stereocenters. The Morgan fingerprint density at radius 3 is 2.58 bits per heavy atom. The molecular formula is C20H21NO5. The van der Waals surface area contributed by atoms with Gasteiger partial charge in [0.05, 0.1) is 0 Å². The van der Waals surface area contributed by atoms with Gasteiger partial charge in [0.2, 0.25) is 6.10 Å². The van der Waals surface area contributed by atoms with Gasteiger partial charge in [0.1, 0.15) is 6.61 Å². The lowest BCUT2D eigenvalue weighted by Gasteiger charge is -2.25. The van der Waals surface area contributed by atoms with Gasteiger partial charge in [0.25, 0.3) is 5.91 Å². The first-order chi connectivity index (χ1) is 12.5. The number of carbonyl (C=O) groups excluding carboxylic acids is 2. The van der Waals surface area contributed by atoms with Crippen molar-refractivity contribution in [3.8, 4) is 11.5 Å². The van der Waals surface area contributed by atoms with Crippen LogP contribution < -0.4 is 9.47 Å². The molecule has 0 aliphatic carbocycles. The van der Waals surface area contributed by atoms with Gasteiger partial charge in [-0.05, 0) is 30.2 Å². The molecule has 0 saturated carbocycles. The van der Waals surface area contributed by atoms with Gasteiger partial charge in [0.15, 0.2) is 18.1 Å². The summed E-state index contributed by atoms with van der Waals surface area (Å²) in [6, 6.07) is 14.9. The molecule has 6 heteroatoms. The van der Waals surface area contributed by atoms with Gasteiger partial charge in [-0.2, -0.15) is 0 Å². The number of fused-ring (bicyclic) bond motifs is 1. The van der Waals surface area contributed by atoms with E-state index in [-0.39, 0.29) is 19.1 Å². The molecule has 2 aromatic rings. The Balaban J connectivity index is 1.50. The van der Waals surface area contributed by atoms with E-state index in [1.807, 2.05) is 37.3 Å². The van der Waals surface area contributed by atoms with E-state index in [9.17, 15) is 9.59 Å². The standard InChI is InChI=1S/C20H21NO5/c1-14-7-3-4-8-15(14)11-21(2)19(22)13-25-20(23)18-12-24-16-9-5-6-10-17(16)26-18/h3-10,18H,11-13H2,1-2H3/t18-/m1/s1. The molecular weight excluding hydrogens is 334 g/mol. The number of amides is 1. The minimum Gasteiger partial charge on any atom is -0.485 e. The van der Waals surface area contributed by atoms with Crippen molar-refractivity contribution in [2.75, 3.05) is 20.3 Å². The van der Waals surface area contributed by atoms with Crippen LogP contribution >= 0.6 is 0 Å². The fourth-order valence-corrected chi connectivity index (χ4v) is 2.60. The van der Waals surface area contributed by atoms with E-state index in [2.05, 4.69) is 0 Å². The van der Waals surface area contributed by atoms with Gasteiger partial charge in [-0.25, -0.2) is 4.79 Å². The van der Waals surface area contributed by atoms with E-state index in [0.29, 0.717) is 18.0 Å². The first kappa shape index (κ1) is 17.8. The molecule has 1 aliphatic rings. The second-order valence-corrected chi connectivity index (χ2v) is 6.15. The van der Waals surface area contributed by atoms with Crippen LogP contribution in [-0.4, -0.2) is 43.1 Å². The zero-order valence-electron chi connectivity index (χ0n) is 14.8. The summed E-state index contributed by atoms with van der Waals surface area (Å²) in [7, 11) is 1.68. The molecule has 6 nitrogen and oxygen atoms in total. The monoisotopic (exact) mass is 355 g/mol. The molecule has 136 valence electrons. The lowest BCUT2D eigenvalue weighted by molar-refractivity contribution is -0.159. The van der Waals surface area contributed by atoms with Crippen LogP contribution in [0.5, 0.6) is 11.5 Å². The normalized spacial score (nSPS) is 15.2. The van der Waals surface area contributed by atoms with Gasteiger partial charge in [0, 0.05) is 13.6 Å². The molecule has 26 heavy (non-hydrogen) atoms. The number of nitrogens with zero attached hydrogens (tertiary/aromatic N) is 1. The minimum absolute atomic E-state index is 0.0586. The second-order valence-electron chi connectivity index (χ2n) is 6.15. The summed E-state index contributed by atoms with van der Waals surface area (Å²) in [5, 5.41) is 0. The van der Waals surface area contributed by atoms with Crippen molar-refractivity contribution >= 4 is 11.9 Å². The Bertz CT molecular complexity index is 804. The van der Waals surface area contributed by atoms with Crippen LogP contribution in [0, 0.1) is 6.92 Å². The zero-order valence-corrected chi connectivity index (χ0v) is 14.8. The number of carbonyl (C=O) groups is 2. The van der Waals surface area contributed by atoms with Crippen molar-refractivity contribution in [2.45, 2.75) is 19.6 Å². The van der Waals surface area contributed by atoms with Gasteiger partial charge < -0.3 is 19.1 Å². The summed E-state index contributed by atoms with van der Waals surface area (Å²) in [6.07, 6.45) is -0.876. The summed E-state index contributed by atoms with van der Waals surface area (Å²) in [5.41, 5.74) is 2.16. The average molecular weight is 355 g/mol. The Kier molecular flexibility index (Phi) is 5.41. The Morgan fingerprint density at radius 1 is 1.12 bits per heavy atom. The summed E-state index contributed by atoms with van der Waals surface area (Å²) in [6.45, 7) is 2.18. The van der Waals surface area contributed by atoms with Crippen LogP contribution in [0.1, 0.15) is 11.1 Å². The van der Waals surface area contributed by atoms with Crippen LogP contribution in [0.2, 0.25) is 0 Å². The lowest BCUT2D eigenvalue weighted by Crippen LogP contribution is -2.40. The summed E-state index contributed by atoms with van der Waals surface area (Å²) < 4.78 is 16.2. The third-order valence-electron chi connectivity index (χ3n) is 4.20. The predicted molar refractivity (Wildman–Crippen MR) is 95.0 cm³/mol. The number of likely N-dealkylation sites (N-methyl/N-ethyl adjacent to an activating group) is 1. The predicted octanol–water partition coefficient (Wildman–Crippen LogP) is 2.34. The lowest BCUT2D eigenvalue weighted by atomic mass is 10.1. The van der Waals surface area contributed by atoms with Gasteiger partial charge in [-0.3, -0.25) is 4.79 Å². The van der Waals surface area contributed by atoms with Crippen LogP contribution in [-0.2, 0) is 20.9 Å². The number of esters is 1. The maximum Gasteiger partial charge on any atom is 0.351 e. The summed E-state index contributed by atoms with van der Waals surface area (Å²) in [5.74, 6) is 0.185. The SMILES string of the molecule is Cc1ccccc1CN(C)C(=O)COC(=O)[C@H]1COc2ccccc2O1. The Morgan fingerprint density at radius 2 is 1.81 bits per heavy atom. The zero-order chi connectivity index (χ0) is 18.5. The van der Waals surface area contributed by atoms with Crippen molar-refractivity contribution < 1.29 is 23.8 Å². The molecule has 0 aromatic heterocycles. The quantitative estimate of drug-likeness (QED) is 0.770. The van der Waals surface area contributed by atoms with E-state index in [0.717, 1.165) is 11.1 Å². The smallest absolute Gasteiger partial charge is 0.351 e. The Labute approximate surface area is 152 Å². The van der Waals surface area contributed by atoms with Crippen molar-refractivity contribution in [3.05, 3.63) is 59.7 Å². The molecule has 0 saturated heterocycles. The third-order valence-corrected chi connectivity index (χ3v) is 4.20. The van der Waals surface area contributed by atoms with Gasteiger partial charge in [-0.15, -0.1) is 0 Å². The fraction of sp³-hybridized carbons (Fsp3) is 0.300. The van der Waals surface area contributed by atoms with Crippen LogP contribution in [0.4, 0.5) is 0 Å². The van der Waals surface area contributed by atoms with E-state index >= 15 is 0 Å². The van der Waals surface area contributed by atoms with Crippen molar-refractivity contribution in [1.82, 2.24) is 4.90 Å². The van der Waals surface area contributed by atoms with Crippen molar-refractivity contribution in [3.63, 3.8) is 0 Å². The van der Waals surface area contributed by atoms with E-state index in [1.165, 1.54) is 4.90 Å². The molecule has 2 aromatic carbocycles. The minimum atomic E-state index is -0.876. The molecule has 3 rings (SSSR count). The van der Waals surface area contributed by atoms with E-state index < -0.39 is 12.1 Å². The van der Waals surface area contributed by atoms with Crippen molar-refractivity contribution in [2.24, 2.45) is 0 Å². The Hall–Kier alpha value is -3.02. The second kappa shape index (κ2) is 7.91. The first-order valence-electron chi connectivity index (χ1n) is 8.38. The molecule has 1 heterocycles. The molecule has 0 radical (unpaired) electrons. The number of benzene rings is 2. The van der Waals surface area contributed by atoms with Crippen molar-refractivity contribution in [1.29, 1.82) is 0 Å². The molecule has 0 N–H and O–H groups in total. The first-order valence-corrected chi connectivity index (χ1v) is 8.38. The molecule has 1 aliphatic heterocycles. The maximum atomic E-state index is 12.2. The molecule has 0 bridgehead atoms. The van der Waals surface area contributed by atoms with Gasteiger partial charge >= 0.3 is 5.97 Å².